The number of aliphatic hydroxyl groups excluding tert-OH is 1. The maximum absolute atomic E-state index is 14.7. The number of carbonyl (C=O) groups excluding carboxylic acids is 12. The summed E-state index contributed by atoms with van der Waals surface area (Å²) in [5.74, 6) is -14.4. The molecule has 12 amide bonds. The van der Waals surface area contributed by atoms with E-state index >= 15 is 0 Å². The molecule has 0 aliphatic rings. The lowest BCUT2D eigenvalue weighted by molar-refractivity contribution is -0.141. The molecule has 1 aromatic carbocycles. The number of guanidine groups is 1. The first-order valence-electron chi connectivity index (χ1n) is 28.7. The van der Waals surface area contributed by atoms with Crippen LogP contribution in [0.5, 0.6) is 5.75 Å². The number of primary amides is 3. The predicted octanol–water partition coefficient (Wildman–Crippen LogP) is -4.90. The molecule has 1 rings (SSSR count). The fourth-order valence-corrected chi connectivity index (χ4v) is 8.50. The second-order valence-electron chi connectivity index (χ2n) is 22.2. The molecule has 32 heteroatoms. The van der Waals surface area contributed by atoms with Gasteiger partial charge in [-0.2, -0.15) is 0 Å². The van der Waals surface area contributed by atoms with E-state index in [9.17, 15) is 72.5 Å². The zero-order valence-electron chi connectivity index (χ0n) is 50.5. The summed E-state index contributed by atoms with van der Waals surface area (Å²) in [5, 5.41) is 51.8. The topological polar surface area (TPSA) is 559 Å². The molecular formula is C55H92N16O16. The quantitative estimate of drug-likeness (QED) is 0.0166. The van der Waals surface area contributed by atoms with Gasteiger partial charge in [0.1, 0.15) is 60.1 Å². The van der Waals surface area contributed by atoms with Gasteiger partial charge in [-0.15, -0.1) is 0 Å². The third kappa shape index (κ3) is 30.8. The van der Waals surface area contributed by atoms with Crippen LogP contribution in [0.25, 0.3) is 0 Å². The minimum Gasteiger partial charge on any atom is -0.508 e. The fraction of sp³-hybridized carbons (Fsp3) is 0.636. The van der Waals surface area contributed by atoms with Gasteiger partial charge in [0.05, 0.1) is 12.5 Å². The van der Waals surface area contributed by atoms with Gasteiger partial charge in [-0.05, 0) is 108 Å². The summed E-state index contributed by atoms with van der Waals surface area (Å²) >= 11 is 0. The molecule has 11 atom stereocenters. The highest BCUT2D eigenvalue weighted by molar-refractivity contribution is 5.99. The van der Waals surface area contributed by atoms with Crippen LogP contribution in [0.3, 0.4) is 0 Å². The lowest BCUT2D eigenvalue weighted by Gasteiger charge is -2.28. The van der Waals surface area contributed by atoms with Crippen molar-refractivity contribution in [3.63, 3.8) is 0 Å². The van der Waals surface area contributed by atoms with Crippen molar-refractivity contribution in [2.45, 2.75) is 192 Å². The number of hydrogen-bond acceptors (Lipinski definition) is 17. The van der Waals surface area contributed by atoms with E-state index in [1.54, 1.807) is 13.8 Å². The number of aromatic hydroxyl groups is 1. The highest BCUT2D eigenvalue weighted by Crippen LogP contribution is 2.15. The second kappa shape index (κ2) is 39.1. The Balaban J connectivity index is 3.76. The molecule has 0 unspecified atom stereocenters. The van der Waals surface area contributed by atoms with Gasteiger partial charge < -0.3 is 97.6 Å². The van der Waals surface area contributed by atoms with E-state index in [0.717, 1.165) is 13.8 Å². The van der Waals surface area contributed by atoms with Crippen LogP contribution >= 0.6 is 0 Å². The average molecular weight is 1230 g/mol. The largest absolute Gasteiger partial charge is 0.508 e. The number of phenols is 1. The molecule has 0 heterocycles. The summed E-state index contributed by atoms with van der Waals surface area (Å²) < 4.78 is 0. The summed E-state index contributed by atoms with van der Waals surface area (Å²) in [7, 11) is 0. The number of nitrogens with two attached hydrogens (primary N) is 6. The summed E-state index contributed by atoms with van der Waals surface area (Å²) in [6, 6.07) is -7.96. The lowest BCUT2D eigenvalue weighted by Crippen LogP contribution is -2.61. The van der Waals surface area contributed by atoms with Crippen molar-refractivity contribution < 1.29 is 77.6 Å². The third-order valence-corrected chi connectivity index (χ3v) is 13.2. The van der Waals surface area contributed by atoms with Crippen molar-refractivity contribution in [3.8, 4) is 5.75 Å². The van der Waals surface area contributed by atoms with Gasteiger partial charge in [0.15, 0.2) is 5.96 Å². The molecule has 0 aromatic heterocycles. The van der Waals surface area contributed by atoms with Crippen molar-refractivity contribution in [3.05, 3.63) is 29.8 Å². The average Bonchev–Trinajstić information content (AvgIpc) is 3.62. The van der Waals surface area contributed by atoms with Gasteiger partial charge >= 0.3 is 5.97 Å². The first kappa shape index (κ1) is 76.3. The molecule has 0 bridgehead atoms. The maximum Gasteiger partial charge on any atom is 0.304 e. The van der Waals surface area contributed by atoms with Gasteiger partial charge in [0.2, 0.25) is 70.9 Å². The molecule has 0 saturated heterocycles. The van der Waals surface area contributed by atoms with Crippen LogP contribution < -0.4 is 82.3 Å². The monoisotopic (exact) mass is 1230 g/mol. The highest BCUT2D eigenvalue weighted by Gasteiger charge is 2.36. The van der Waals surface area contributed by atoms with E-state index in [-0.39, 0.29) is 75.2 Å². The Labute approximate surface area is 505 Å². The molecule has 0 saturated carbocycles. The minimum absolute atomic E-state index is 0.000852. The van der Waals surface area contributed by atoms with Crippen LogP contribution in [-0.2, 0) is 68.7 Å². The van der Waals surface area contributed by atoms with Crippen molar-refractivity contribution in [1.82, 2.24) is 47.9 Å². The fourth-order valence-electron chi connectivity index (χ4n) is 8.50. The first-order valence-corrected chi connectivity index (χ1v) is 28.7. The van der Waals surface area contributed by atoms with Crippen LogP contribution in [0, 0.1) is 17.8 Å². The molecule has 32 nitrogen and oxygen atoms in total. The number of carboxylic acids is 1. The molecule has 0 aliphatic heterocycles. The maximum atomic E-state index is 14.7. The van der Waals surface area contributed by atoms with Crippen LogP contribution in [0.1, 0.15) is 131 Å². The SMILES string of the molecule is CC(C)C[C@H](NC(=O)[C@H](CC(C)C)NC(=O)[C@H](CCCCN)NC(=O)[C@H](CCCN=C(N)N)NC(=O)[C@H](Cc1ccc(O)cc1)NC(=O)[C@H](CCC(N)=O)NC(=O)[C@H](CCC(N)=O)NC(=O)[C@H](C)NC(=O)[C@@H](NC(=O)[C@@H](C)CC(=O)O)[C@@H](C)O)C(N)=O. The minimum atomic E-state index is -1.74. The van der Waals surface area contributed by atoms with Crippen molar-refractivity contribution in [2.75, 3.05) is 13.1 Å². The number of aliphatic hydroxyl groups is 1. The van der Waals surface area contributed by atoms with E-state index in [2.05, 4.69) is 52.8 Å². The first-order chi connectivity index (χ1) is 40.6. The lowest BCUT2D eigenvalue weighted by atomic mass is 9.99. The van der Waals surface area contributed by atoms with Gasteiger partial charge in [-0.3, -0.25) is 67.3 Å². The zero-order valence-corrected chi connectivity index (χ0v) is 50.5. The number of phenolic OH excluding ortho intramolecular Hbond substituents is 1. The number of aliphatic imine (C=N–C) groups is 1. The molecule has 24 N–H and O–H groups in total. The van der Waals surface area contributed by atoms with Crippen molar-refractivity contribution in [1.29, 1.82) is 0 Å². The number of nitrogens with zero attached hydrogens (tertiary/aromatic N) is 1. The van der Waals surface area contributed by atoms with E-state index in [1.165, 1.54) is 31.2 Å². The molecule has 1 aromatic rings. The molecule has 0 spiro atoms. The van der Waals surface area contributed by atoms with Crippen LogP contribution in [0.4, 0.5) is 0 Å². The Bertz CT molecular complexity index is 2550. The number of carboxylic acid groups (broad SMARTS) is 1. The normalized spacial score (nSPS) is 14.9. The Morgan fingerprint density at radius 1 is 0.483 bits per heavy atom. The van der Waals surface area contributed by atoms with Gasteiger partial charge in [-0.25, -0.2) is 0 Å². The van der Waals surface area contributed by atoms with E-state index in [1.807, 2.05) is 13.8 Å². The van der Waals surface area contributed by atoms with Crippen LogP contribution in [0.2, 0.25) is 0 Å². The number of hydrogen-bond donors (Lipinski definition) is 18. The smallest absolute Gasteiger partial charge is 0.304 e. The van der Waals surface area contributed by atoms with E-state index < -0.39 is 175 Å². The number of nitrogens with one attached hydrogen (secondary N) is 9. The molecule has 0 aliphatic carbocycles. The Morgan fingerprint density at radius 3 is 1.33 bits per heavy atom. The molecule has 0 fully saturated rings. The molecule has 87 heavy (non-hydrogen) atoms. The van der Waals surface area contributed by atoms with Crippen LogP contribution in [0.15, 0.2) is 29.3 Å². The summed E-state index contributed by atoms with van der Waals surface area (Å²) in [6.07, 6.45) is -3.66. The number of benzene rings is 1. The third-order valence-electron chi connectivity index (χ3n) is 13.2. The molecular weight excluding hydrogens is 1140 g/mol. The van der Waals surface area contributed by atoms with Gasteiger partial charge in [-0.1, -0.05) is 46.8 Å². The summed E-state index contributed by atoms with van der Waals surface area (Å²) in [5.41, 5.74) is 33.6. The van der Waals surface area contributed by atoms with Gasteiger partial charge in [0, 0.05) is 31.7 Å². The van der Waals surface area contributed by atoms with E-state index in [0.29, 0.717) is 18.4 Å². The Kier molecular flexibility index (Phi) is 34.3. The standard InChI is InChI=1S/C55H92N16O16/c1-27(2)23-38(45(59)78)68-52(85)39(24-28(3)4)69-49(82)34(11-8-9-21-56)65-48(81)35(12-10-22-62-55(60)61)66-53(86)40(26-32-13-15-33(73)16-14-32)70-51(84)37(18-20-42(58)75)67-50(83)36(17-19-41(57)74)64-47(80)30(6)63-54(87)44(31(7)72)71-46(79)29(5)25-43(76)77/h13-16,27-31,34-40,44,72-73H,8-12,17-26,56H2,1-7H3,(H2,57,74)(H2,58,75)(H2,59,78)(H,63,87)(H,64,80)(H,65,81)(H,66,86)(H,67,83)(H,68,85)(H,69,82)(H,70,84)(H,71,79)(H,76,77)(H4,60,61,62)/t29-,30-,31+,34-,35-,36-,37-,38-,39-,40-,44-/m0/s1. The second-order valence-corrected chi connectivity index (χ2v) is 22.2. The van der Waals surface area contributed by atoms with E-state index in [4.69, 9.17) is 39.5 Å². The van der Waals surface area contributed by atoms with Crippen molar-refractivity contribution >= 4 is 82.8 Å². The zero-order chi connectivity index (χ0) is 66.2. The summed E-state index contributed by atoms with van der Waals surface area (Å²) in [4.78, 5) is 177. The number of aliphatic carboxylic acids is 1. The predicted molar refractivity (Wildman–Crippen MR) is 316 cm³/mol. The summed E-state index contributed by atoms with van der Waals surface area (Å²) in [6.45, 7) is 11.0. The Hall–Kier alpha value is -8.68. The van der Waals surface area contributed by atoms with Crippen molar-refractivity contribution in [2.24, 2.45) is 57.1 Å². The number of amides is 12. The van der Waals surface area contributed by atoms with Crippen LogP contribution in [-0.4, -0.2) is 172 Å². The number of carbonyl (C=O) groups is 13. The molecule has 488 valence electrons. The Morgan fingerprint density at radius 2 is 0.897 bits per heavy atom. The number of unbranched alkanes of at least 4 members (excludes halogenated alkanes) is 1. The number of rotatable bonds is 42. The molecule has 0 radical (unpaired) electrons. The van der Waals surface area contributed by atoms with Gasteiger partial charge in [0.25, 0.3) is 0 Å². The highest BCUT2D eigenvalue weighted by atomic mass is 16.4.